The fourth-order valence-electron chi connectivity index (χ4n) is 2.83. The van der Waals surface area contributed by atoms with E-state index in [9.17, 15) is 4.79 Å². The Kier molecular flexibility index (Phi) is 5.89. The zero-order chi connectivity index (χ0) is 20.9. The molecule has 2 aromatic heterocycles. The molecule has 8 nitrogen and oxygen atoms in total. The van der Waals surface area contributed by atoms with Gasteiger partial charge in [-0.25, -0.2) is 4.98 Å². The van der Waals surface area contributed by atoms with Crippen molar-refractivity contribution in [2.45, 2.75) is 19.8 Å². The van der Waals surface area contributed by atoms with Gasteiger partial charge in [0.2, 0.25) is 17.6 Å². The monoisotopic (exact) mass is 424 g/mol. The number of hydrogen-bond donors (Lipinski definition) is 1. The van der Waals surface area contributed by atoms with Crippen LogP contribution in [-0.4, -0.2) is 34.7 Å². The third-order valence-corrected chi connectivity index (χ3v) is 5.23. The lowest BCUT2D eigenvalue weighted by Crippen LogP contribution is -2.12. The van der Waals surface area contributed by atoms with Gasteiger partial charge in [0.15, 0.2) is 5.13 Å². The summed E-state index contributed by atoms with van der Waals surface area (Å²) in [5, 5.41) is 7.35. The van der Waals surface area contributed by atoms with Crippen LogP contribution in [-0.2, 0) is 11.2 Å². The number of amides is 1. The summed E-state index contributed by atoms with van der Waals surface area (Å²) < 4.78 is 16.9. The molecule has 0 bridgehead atoms. The van der Waals surface area contributed by atoms with Gasteiger partial charge < -0.3 is 19.3 Å². The number of nitrogens with one attached hydrogen (secondary N) is 1. The van der Waals surface area contributed by atoms with Gasteiger partial charge >= 0.3 is 0 Å². The Morgan fingerprint density at radius 3 is 2.70 bits per heavy atom. The predicted octanol–water partition coefficient (Wildman–Crippen LogP) is 4.32. The molecule has 4 rings (SSSR count). The minimum Gasteiger partial charge on any atom is -0.497 e. The van der Waals surface area contributed by atoms with Crippen molar-refractivity contribution < 1.29 is 18.8 Å². The topological polar surface area (TPSA) is 99.4 Å². The van der Waals surface area contributed by atoms with E-state index in [4.69, 9.17) is 14.0 Å². The van der Waals surface area contributed by atoms with Crippen LogP contribution in [0.25, 0.3) is 21.6 Å². The van der Waals surface area contributed by atoms with Gasteiger partial charge in [-0.05, 0) is 49.4 Å². The number of rotatable bonds is 8. The summed E-state index contributed by atoms with van der Waals surface area (Å²) in [6.45, 7) is 2.54. The Bertz CT molecular complexity index is 1150. The van der Waals surface area contributed by atoms with E-state index in [-0.39, 0.29) is 12.3 Å². The van der Waals surface area contributed by atoms with Gasteiger partial charge in [0.25, 0.3) is 0 Å². The van der Waals surface area contributed by atoms with Crippen LogP contribution >= 0.6 is 11.3 Å². The Hall–Kier alpha value is -3.46. The van der Waals surface area contributed by atoms with Crippen molar-refractivity contribution in [1.29, 1.82) is 0 Å². The van der Waals surface area contributed by atoms with Crippen molar-refractivity contribution in [2.24, 2.45) is 0 Å². The van der Waals surface area contributed by atoms with Gasteiger partial charge in [0, 0.05) is 18.4 Å². The molecular formula is C21H20N4O4S. The Labute approximate surface area is 176 Å². The number of anilines is 1. The number of thiazole rings is 1. The van der Waals surface area contributed by atoms with E-state index in [1.54, 1.807) is 7.11 Å². The molecule has 0 spiro atoms. The van der Waals surface area contributed by atoms with Crippen molar-refractivity contribution in [3.05, 3.63) is 48.4 Å². The zero-order valence-electron chi connectivity index (χ0n) is 16.5. The molecule has 9 heteroatoms. The van der Waals surface area contributed by atoms with E-state index in [0.717, 1.165) is 27.3 Å². The molecule has 0 aliphatic rings. The highest BCUT2D eigenvalue weighted by molar-refractivity contribution is 7.22. The Morgan fingerprint density at radius 1 is 1.13 bits per heavy atom. The molecule has 1 amide bonds. The summed E-state index contributed by atoms with van der Waals surface area (Å²) in [7, 11) is 1.61. The second kappa shape index (κ2) is 8.91. The predicted molar refractivity (Wildman–Crippen MR) is 114 cm³/mol. The number of hydrogen-bond acceptors (Lipinski definition) is 8. The smallest absolute Gasteiger partial charge is 0.227 e. The van der Waals surface area contributed by atoms with Gasteiger partial charge in [0.05, 0.1) is 23.9 Å². The first-order chi connectivity index (χ1) is 14.6. The molecule has 2 heterocycles. The van der Waals surface area contributed by atoms with E-state index < -0.39 is 0 Å². The SMILES string of the molecule is CCOc1ccc2nc(NC(=O)CCc3nc(-c4ccc(OC)cc4)no3)sc2c1. The summed E-state index contributed by atoms with van der Waals surface area (Å²) in [6, 6.07) is 13.0. The number of ether oxygens (including phenoxy) is 2. The molecule has 30 heavy (non-hydrogen) atoms. The van der Waals surface area contributed by atoms with Crippen molar-refractivity contribution in [2.75, 3.05) is 19.0 Å². The molecule has 0 saturated heterocycles. The maximum atomic E-state index is 12.3. The molecule has 0 atom stereocenters. The van der Waals surface area contributed by atoms with Crippen molar-refractivity contribution >= 4 is 32.6 Å². The van der Waals surface area contributed by atoms with Crippen molar-refractivity contribution in [1.82, 2.24) is 15.1 Å². The summed E-state index contributed by atoms with van der Waals surface area (Å²) in [5.74, 6) is 2.26. The molecule has 0 aliphatic heterocycles. The standard InChI is InChI=1S/C21H20N4O4S/c1-3-28-15-8-9-16-17(12-15)30-21(22-16)23-18(26)10-11-19-24-20(25-29-19)13-4-6-14(27-2)7-5-13/h4-9,12H,3,10-11H2,1-2H3,(H,22,23,26). The fourth-order valence-corrected chi connectivity index (χ4v) is 3.74. The van der Waals surface area contributed by atoms with Crippen LogP contribution in [0.15, 0.2) is 47.0 Å². The average molecular weight is 424 g/mol. The molecule has 4 aromatic rings. The van der Waals surface area contributed by atoms with Gasteiger partial charge in [-0.1, -0.05) is 16.5 Å². The summed E-state index contributed by atoms with van der Waals surface area (Å²) in [4.78, 5) is 21.1. The highest BCUT2D eigenvalue weighted by atomic mass is 32.1. The average Bonchev–Trinajstić information content (AvgIpc) is 3.39. The molecule has 2 aromatic carbocycles. The number of aryl methyl sites for hydroxylation is 1. The van der Waals surface area contributed by atoms with Gasteiger partial charge in [-0.15, -0.1) is 0 Å². The fraction of sp³-hybridized carbons (Fsp3) is 0.238. The van der Waals surface area contributed by atoms with Crippen LogP contribution in [0, 0.1) is 0 Å². The van der Waals surface area contributed by atoms with E-state index >= 15 is 0 Å². The van der Waals surface area contributed by atoms with Gasteiger partial charge in [-0.2, -0.15) is 4.98 Å². The van der Waals surface area contributed by atoms with Crippen LogP contribution in [0.2, 0.25) is 0 Å². The first kappa shape index (κ1) is 19.8. The highest BCUT2D eigenvalue weighted by Gasteiger charge is 2.13. The second-order valence-corrected chi connectivity index (χ2v) is 7.40. The number of carbonyl (C=O) groups excluding carboxylic acids is 1. The normalized spacial score (nSPS) is 10.9. The number of aromatic nitrogens is 3. The molecule has 0 radical (unpaired) electrons. The lowest BCUT2D eigenvalue weighted by Gasteiger charge is -2.00. The number of benzene rings is 2. The molecule has 0 aliphatic carbocycles. The molecule has 1 N–H and O–H groups in total. The Morgan fingerprint density at radius 2 is 1.93 bits per heavy atom. The molecule has 0 unspecified atom stereocenters. The molecule has 0 saturated carbocycles. The Balaban J connectivity index is 1.34. The third-order valence-electron chi connectivity index (χ3n) is 4.30. The van der Waals surface area contributed by atoms with Crippen LogP contribution in [0.4, 0.5) is 5.13 Å². The lowest BCUT2D eigenvalue weighted by molar-refractivity contribution is -0.116. The maximum Gasteiger partial charge on any atom is 0.227 e. The first-order valence-corrected chi connectivity index (χ1v) is 10.3. The zero-order valence-corrected chi connectivity index (χ0v) is 17.4. The van der Waals surface area contributed by atoms with Crippen molar-refractivity contribution in [3.63, 3.8) is 0 Å². The number of methoxy groups -OCH3 is 1. The molecule has 154 valence electrons. The van der Waals surface area contributed by atoms with Crippen LogP contribution in [0.1, 0.15) is 19.2 Å². The summed E-state index contributed by atoms with van der Waals surface area (Å²) in [6.07, 6.45) is 0.554. The first-order valence-electron chi connectivity index (χ1n) is 9.45. The minimum atomic E-state index is -0.164. The van der Waals surface area contributed by atoms with Crippen molar-refractivity contribution in [3.8, 4) is 22.9 Å². The third kappa shape index (κ3) is 4.57. The van der Waals surface area contributed by atoms with E-state index in [1.165, 1.54) is 11.3 Å². The summed E-state index contributed by atoms with van der Waals surface area (Å²) in [5.41, 5.74) is 1.64. The lowest BCUT2D eigenvalue weighted by atomic mass is 10.2. The van der Waals surface area contributed by atoms with E-state index in [1.807, 2.05) is 49.4 Å². The number of fused-ring (bicyclic) bond motifs is 1. The van der Waals surface area contributed by atoms with Crippen LogP contribution in [0.5, 0.6) is 11.5 Å². The summed E-state index contributed by atoms with van der Waals surface area (Å²) >= 11 is 1.41. The van der Waals surface area contributed by atoms with E-state index in [0.29, 0.717) is 29.9 Å². The molecular weight excluding hydrogens is 404 g/mol. The largest absolute Gasteiger partial charge is 0.497 e. The van der Waals surface area contributed by atoms with Gasteiger partial charge in [-0.3, -0.25) is 4.79 Å². The minimum absolute atomic E-state index is 0.164. The number of carbonyl (C=O) groups is 1. The molecule has 0 fully saturated rings. The quantitative estimate of drug-likeness (QED) is 0.449. The van der Waals surface area contributed by atoms with E-state index in [2.05, 4.69) is 20.4 Å². The van der Waals surface area contributed by atoms with Crippen LogP contribution < -0.4 is 14.8 Å². The van der Waals surface area contributed by atoms with Crippen LogP contribution in [0.3, 0.4) is 0 Å². The number of nitrogens with zero attached hydrogens (tertiary/aromatic N) is 3. The maximum absolute atomic E-state index is 12.3. The highest BCUT2D eigenvalue weighted by Crippen LogP contribution is 2.29. The van der Waals surface area contributed by atoms with Gasteiger partial charge in [0.1, 0.15) is 11.5 Å². The second-order valence-electron chi connectivity index (χ2n) is 6.37.